The number of likely N-dealkylation sites (tertiary alicyclic amines) is 1. The van der Waals surface area contributed by atoms with Crippen molar-refractivity contribution in [1.29, 1.82) is 0 Å². The highest BCUT2D eigenvalue weighted by Crippen LogP contribution is 2.26. The number of amides is 1. The van der Waals surface area contributed by atoms with E-state index in [1.54, 1.807) is 0 Å². The molecule has 2 N–H and O–H groups in total. The number of nitrogens with one attached hydrogen (secondary N) is 2. The number of imidazole rings is 1. The molecule has 1 aliphatic rings. The second-order valence-electron chi connectivity index (χ2n) is 5.51. The van der Waals surface area contributed by atoms with Gasteiger partial charge >= 0.3 is 5.69 Å². The van der Waals surface area contributed by atoms with Gasteiger partial charge < -0.3 is 14.9 Å². The Kier molecular flexibility index (Phi) is 3.90. The van der Waals surface area contributed by atoms with Gasteiger partial charge in [-0.25, -0.2) is 4.79 Å². The topological polar surface area (TPSA) is 69.0 Å². The molecule has 0 radical (unpaired) electrons. The quantitative estimate of drug-likeness (QED) is 0.887. The minimum absolute atomic E-state index is 0.101. The van der Waals surface area contributed by atoms with E-state index in [1.807, 2.05) is 23.1 Å². The summed E-state index contributed by atoms with van der Waals surface area (Å²) in [5, 5.41) is 0. The van der Waals surface area contributed by atoms with Gasteiger partial charge in [-0.2, -0.15) is 0 Å². The lowest BCUT2D eigenvalue weighted by Crippen LogP contribution is -2.34. The van der Waals surface area contributed by atoms with Gasteiger partial charge in [0.1, 0.15) is 5.69 Å². The molecule has 1 unspecified atom stereocenters. The van der Waals surface area contributed by atoms with Gasteiger partial charge in [0.2, 0.25) is 0 Å². The predicted molar refractivity (Wildman–Crippen MR) is 80.4 cm³/mol. The molecule has 0 aliphatic carbocycles. The van der Waals surface area contributed by atoms with Crippen molar-refractivity contribution in [3.05, 3.63) is 58.3 Å². The summed E-state index contributed by atoms with van der Waals surface area (Å²) in [7, 11) is 0. The third-order valence-electron chi connectivity index (χ3n) is 4.06. The van der Waals surface area contributed by atoms with E-state index in [2.05, 4.69) is 22.1 Å². The van der Waals surface area contributed by atoms with Gasteiger partial charge in [-0.3, -0.25) is 4.79 Å². The average molecular weight is 285 g/mol. The number of rotatable bonds is 2. The first kappa shape index (κ1) is 13.7. The molecule has 1 aliphatic heterocycles. The Bertz CT molecular complexity index is 659. The first-order valence-corrected chi connectivity index (χ1v) is 7.36. The van der Waals surface area contributed by atoms with Gasteiger partial charge in [-0.05, 0) is 18.4 Å². The fourth-order valence-corrected chi connectivity index (χ4v) is 2.94. The summed E-state index contributed by atoms with van der Waals surface area (Å²) >= 11 is 0. The Morgan fingerprint density at radius 1 is 1.19 bits per heavy atom. The number of benzene rings is 1. The number of aromatic nitrogens is 2. The van der Waals surface area contributed by atoms with Crippen LogP contribution in [0, 0.1) is 0 Å². The van der Waals surface area contributed by atoms with Crippen LogP contribution in [-0.4, -0.2) is 33.9 Å². The van der Waals surface area contributed by atoms with E-state index in [4.69, 9.17) is 0 Å². The Morgan fingerprint density at radius 2 is 2.00 bits per heavy atom. The Hall–Kier alpha value is -2.30. The fourth-order valence-electron chi connectivity index (χ4n) is 2.94. The zero-order valence-corrected chi connectivity index (χ0v) is 11.8. The molecule has 0 bridgehead atoms. The van der Waals surface area contributed by atoms with Crippen LogP contribution in [0.1, 0.15) is 41.2 Å². The molecule has 2 heterocycles. The van der Waals surface area contributed by atoms with Gasteiger partial charge in [-0.15, -0.1) is 0 Å². The third kappa shape index (κ3) is 3.07. The van der Waals surface area contributed by atoms with Crippen molar-refractivity contribution in [2.45, 2.75) is 25.2 Å². The highest BCUT2D eigenvalue weighted by molar-refractivity contribution is 5.92. The summed E-state index contributed by atoms with van der Waals surface area (Å²) in [5.74, 6) is 0.263. The fraction of sp³-hybridized carbons (Fsp3) is 0.375. The standard InChI is InChI=1S/C16H19N3O2/c20-15(14-10-17-16(21)18-14)19-9-5-4-8-13(11-19)12-6-2-1-3-7-12/h1-3,6-7,10,13H,4-5,8-9,11H2,(H2,17,18,21). The summed E-state index contributed by atoms with van der Waals surface area (Å²) in [5.41, 5.74) is 1.28. The first-order valence-electron chi connectivity index (χ1n) is 7.36. The predicted octanol–water partition coefficient (Wildman–Crippen LogP) is 2.11. The molecule has 3 rings (SSSR count). The van der Waals surface area contributed by atoms with Crippen molar-refractivity contribution in [2.24, 2.45) is 0 Å². The van der Waals surface area contributed by atoms with Crippen LogP contribution in [-0.2, 0) is 0 Å². The molecule has 5 nitrogen and oxygen atoms in total. The van der Waals surface area contributed by atoms with E-state index >= 15 is 0 Å². The summed E-state index contributed by atoms with van der Waals surface area (Å²) < 4.78 is 0. The molecular formula is C16H19N3O2. The molecular weight excluding hydrogens is 266 g/mol. The molecule has 0 spiro atoms. The normalized spacial score (nSPS) is 19.2. The number of H-pyrrole nitrogens is 2. The van der Waals surface area contributed by atoms with Crippen LogP contribution in [0.5, 0.6) is 0 Å². The highest BCUT2D eigenvalue weighted by Gasteiger charge is 2.24. The summed E-state index contributed by atoms with van der Waals surface area (Å²) in [4.78, 5) is 30.5. The van der Waals surface area contributed by atoms with Crippen LogP contribution in [0.4, 0.5) is 0 Å². The molecule has 1 amide bonds. The van der Waals surface area contributed by atoms with Crippen LogP contribution in [0.15, 0.2) is 41.3 Å². The van der Waals surface area contributed by atoms with Crippen LogP contribution in [0.2, 0.25) is 0 Å². The van der Waals surface area contributed by atoms with Crippen LogP contribution < -0.4 is 5.69 Å². The molecule has 1 aromatic heterocycles. The molecule has 110 valence electrons. The van der Waals surface area contributed by atoms with Gasteiger partial charge in [-0.1, -0.05) is 36.8 Å². The smallest absolute Gasteiger partial charge is 0.323 e. The molecule has 21 heavy (non-hydrogen) atoms. The highest BCUT2D eigenvalue weighted by atomic mass is 16.2. The Labute approximate surface area is 123 Å². The lowest BCUT2D eigenvalue weighted by Gasteiger charge is -2.24. The van der Waals surface area contributed by atoms with Gasteiger partial charge in [0, 0.05) is 25.2 Å². The SMILES string of the molecule is O=C(c1c[nH]c(=O)[nH]1)N1CCCCC(c2ccccc2)C1. The minimum atomic E-state index is -0.340. The monoisotopic (exact) mass is 285 g/mol. The number of hydrogen-bond acceptors (Lipinski definition) is 2. The molecule has 1 saturated heterocycles. The van der Waals surface area contributed by atoms with E-state index in [0.717, 1.165) is 25.8 Å². The summed E-state index contributed by atoms with van der Waals surface area (Å²) in [6.07, 6.45) is 4.67. The second kappa shape index (κ2) is 5.99. The Balaban J connectivity index is 1.79. The molecule has 2 aromatic rings. The van der Waals surface area contributed by atoms with E-state index in [0.29, 0.717) is 18.2 Å². The van der Waals surface area contributed by atoms with Crippen LogP contribution in [0.25, 0.3) is 0 Å². The second-order valence-corrected chi connectivity index (χ2v) is 5.51. The number of hydrogen-bond donors (Lipinski definition) is 2. The third-order valence-corrected chi connectivity index (χ3v) is 4.06. The maximum absolute atomic E-state index is 12.5. The number of nitrogens with zero attached hydrogens (tertiary/aromatic N) is 1. The Morgan fingerprint density at radius 3 is 2.71 bits per heavy atom. The summed E-state index contributed by atoms with van der Waals surface area (Å²) in [6, 6.07) is 10.3. The molecule has 5 heteroatoms. The van der Waals surface area contributed by atoms with Crippen LogP contribution in [0.3, 0.4) is 0 Å². The molecule has 0 saturated carbocycles. The van der Waals surface area contributed by atoms with Crippen molar-refractivity contribution < 1.29 is 4.79 Å². The van der Waals surface area contributed by atoms with Crippen molar-refractivity contribution in [3.63, 3.8) is 0 Å². The van der Waals surface area contributed by atoms with Crippen molar-refractivity contribution in [3.8, 4) is 0 Å². The maximum Gasteiger partial charge on any atom is 0.323 e. The van der Waals surface area contributed by atoms with Gasteiger partial charge in [0.15, 0.2) is 0 Å². The molecule has 1 atom stereocenters. The lowest BCUT2D eigenvalue weighted by molar-refractivity contribution is 0.0749. The van der Waals surface area contributed by atoms with E-state index in [9.17, 15) is 9.59 Å². The summed E-state index contributed by atoms with van der Waals surface area (Å²) in [6.45, 7) is 1.45. The van der Waals surface area contributed by atoms with Crippen molar-refractivity contribution in [2.75, 3.05) is 13.1 Å². The average Bonchev–Trinajstić information content (AvgIpc) is 2.81. The zero-order valence-electron chi connectivity index (χ0n) is 11.8. The lowest BCUT2D eigenvalue weighted by atomic mass is 9.94. The van der Waals surface area contributed by atoms with E-state index in [1.165, 1.54) is 11.8 Å². The maximum atomic E-state index is 12.5. The number of aromatic amines is 2. The first-order chi connectivity index (χ1) is 10.2. The van der Waals surface area contributed by atoms with E-state index in [-0.39, 0.29) is 11.6 Å². The number of carbonyl (C=O) groups is 1. The van der Waals surface area contributed by atoms with Gasteiger partial charge in [0.05, 0.1) is 0 Å². The molecule has 1 aromatic carbocycles. The van der Waals surface area contributed by atoms with Crippen molar-refractivity contribution >= 4 is 5.91 Å². The molecule has 1 fully saturated rings. The largest absolute Gasteiger partial charge is 0.337 e. The van der Waals surface area contributed by atoms with Crippen LogP contribution >= 0.6 is 0 Å². The number of carbonyl (C=O) groups excluding carboxylic acids is 1. The zero-order chi connectivity index (χ0) is 14.7. The van der Waals surface area contributed by atoms with Gasteiger partial charge in [0.25, 0.3) is 5.91 Å². The van der Waals surface area contributed by atoms with E-state index < -0.39 is 0 Å². The minimum Gasteiger partial charge on any atom is -0.337 e. The van der Waals surface area contributed by atoms with Crippen molar-refractivity contribution in [1.82, 2.24) is 14.9 Å².